The van der Waals surface area contributed by atoms with Crippen molar-refractivity contribution in [1.29, 1.82) is 0 Å². The van der Waals surface area contributed by atoms with Crippen molar-refractivity contribution in [3.05, 3.63) is 35.9 Å². The molecule has 134 valence electrons. The SMILES string of the molecule is COc1ccc([C@]2(CCOS(C)(=O)=O)C=CC(O)CC2)cc1OC. The molecule has 0 aromatic heterocycles. The lowest BCUT2D eigenvalue weighted by molar-refractivity contribution is 0.178. The number of ether oxygens (including phenoxy) is 2. The maximum absolute atomic E-state index is 11.2. The highest BCUT2D eigenvalue weighted by atomic mass is 32.2. The van der Waals surface area contributed by atoms with Crippen LogP contribution >= 0.6 is 0 Å². The fourth-order valence-electron chi connectivity index (χ4n) is 2.99. The van der Waals surface area contributed by atoms with E-state index in [0.717, 1.165) is 11.8 Å². The maximum Gasteiger partial charge on any atom is 0.264 e. The highest BCUT2D eigenvalue weighted by Crippen LogP contribution is 2.41. The molecular weight excluding hydrogens is 332 g/mol. The molecule has 0 saturated heterocycles. The lowest BCUT2D eigenvalue weighted by atomic mass is 9.71. The Morgan fingerprint density at radius 2 is 1.96 bits per heavy atom. The van der Waals surface area contributed by atoms with Crippen LogP contribution in [0.2, 0.25) is 0 Å². The minimum absolute atomic E-state index is 0.0770. The molecule has 1 aromatic carbocycles. The molecule has 1 aromatic rings. The highest BCUT2D eigenvalue weighted by Gasteiger charge is 2.33. The third-order valence-corrected chi connectivity index (χ3v) is 4.92. The first-order chi connectivity index (χ1) is 11.3. The Hall–Kier alpha value is -1.57. The fourth-order valence-corrected chi connectivity index (χ4v) is 3.38. The van der Waals surface area contributed by atoms with Gasteiger partial charge >= 0.3 is 0 Å². The lowest BCUT2D eigenvalue weighted by Gasteiger charge is -2.35. The molecule has 6 nitrogen and oxygen atoms in total. The summed E-state index contributed by atoms with van der Waals surface area (Å²) >= 11 is 0. The van der Waals surface area contributed by atoms with Crippen LogP contribution in [0.4, 0.5) is 0 Å². The smallest absolute Gasteiger partial charge is 0.264 e. The molecule has 1 aliphatic carbocycles. The molecule has 0 amide bonds. The molecule has 0 bridgehead atoms. The number of hydrogen-bond donors (Lipinski definition) is 1. The summed E-state index contributed by atoms with van der Waals surface area (Å²) < 4.78 is 38.0. The number of rotatable bonds is 7. The Labute approximate surface area is 143 Å². The number of allylic oxidation sites excluding steroid dienone is 1. The van der Waals surface area contributed by atoms with E-state index in [1.165, 1.54) is 0 Å². The van der Waals surface area contributed by atoms with Crippen molar-refractivity contribution >= 4 is 10.1 Å². The Morgan fingerprint density at radius 3 is 2.50 bits per heavy atom. The van der Waals surface area contributed by atoms with Crippen molar-refractivity contribution in [2.24, 2.45) is 0 Å². The minimum Gasteiger partial charge on any atom is -0.493 e. The summed E-state index contributed by atoms with van der Waals surface area (Å²) in [7, 11) is -0.342. The van der Waals surface area contributed by atoms with Gasteiger partial charge in [-0.3, -0.25) is 4.18 Å². The van der Waals surface area contributed by atoms with E-state index in [-0.39, 0.29) is 6.61 Å². The summed E-state index contributed by atoms with van der Waals surface area (Å²) in [4.78, 5) is 0. The zero-order valence-electron chi connectivity index (χ0n) is 14.2. The standard InChI is InChI=1S/C17H24O6S/c1-21-15-5-4-13(12-16(15)22-2)17(8-6-14(18)7-9-17)10-11-23-24(3,19)20/h4-6,8,12,14,18H,7,9-11H2,1-3H3/t14?,17-/m1/s1. The van der Waals surface area contributed by atoms with Crippen molar-refractivity contribution in [2.75, 3.05) is 27.1 Å². The second kappa shape index (κ2) is 7.55. The molecule has 1 unspecified atom stereocenters. The average molecular weight is 356 g/mol. The molecule has 0 aliphatic heterocycles. The minimum atomic E-state index is -3.49. The Kier molecular flexibility index (Phi) is 5.90. The van der Waals surface area contributed by atoms with E-state index < -0.39 is 21.6 Å². The monoisotopic (exact) mass is 356 g/mol. The van der Waals surface area contributed by atoms with Gasteiger partial charge in [-0.15, -0.1) is 0 Å². The first-order valence-corrected chi connectivity index (χ1v) is 9.56. The van der Waals surface area contributed by atoms with Crippen molar-refractivity contribution in [2.45, 2.75) is 30.8 Å². The molecule has 0 heterocycles. The van der Waals surface area contributed by atoms with Crippen molar-refractivity contribution < 1.29 is 27.2 Å². The second-order valence-electron chi connectivity index (χ2n) is 5.97. The first kappa shape index (κ1) is 18.8. The Morgan fingerprint density at radius 1 is 1.25 bits per heavy atom. The van der Waals surface area contributed by atoms with Crippen LogP contribution in [0, 0.1) is 0 Å². The zero-order valence-corrected chi connectivity index (χ0v) is 15.0. The quantitative estimate of drug-likeness (QED) is 0.594. The van der Waals surface area contributed by atoms with Gasteiger partial charge in [0.1, 0.15) is 0 Å². The normalized spacial score (nSPS) is 23.9. The van der Waals surface area contributed by atoms with Gasteiger partial charge in [0.05, 0.1) is 33.2 Å². The van der Waals surface area contributed by atoms with Crippen LogP contribution in [-0.2, 0) is 19.7 Å². The van der Waals surface area contributed by atoms with Gasteiger partial charge in [-0.1, -0.05) is 18.2 Å². The van der Waals surface area contributed by atoms with E-state index in [2.05, 4.69) is 0 Å². The molecule has 1 N–H and O–H groups in total. The predicted molar refractivity (Wildman–Crippen MR) is 91.0 cm³/mol. The van der Waals surface area contributed by atoms with Gasteiger partial charge in [0, 0.05) is 5.41 Å². The van der Waals surface area contributed by atoms with E-state index >= 15 is 0 Å². The van der Waals surface area contributed by atoms with E-state index in [1.807, 2.05) is 24.3 Å². The Bertz CT molecular complexity index is 697. The van der Waals surface area contributed by atoms with Gasteiger partial charge < -0.3 is 14.6 Å². The lowest BCUT2D eigenvalue weighted by Crippen LogP contribution is -2.31. The summed E-state index contributed by atoms with van der Waals surface area (Å²) in [6.07, 6.45) is 6.02. The van der Waals surface area contributed by atoms with Gasteiger partial charge in [0.2, 0.25) is 0 Å². The first-order valence-electron chi connectivity index (χ1n) is 7.74. The van der Waals surface area contributed by atoms with Crippen LogP contribution in [0.3, 0.4) is 0 Å². The topological polar surface area (TPSA) is 82.1 Å². The van der Waals surface area contributed by atoms with Crippen molar-refractivity contribution in [3.8, 4) is 11.5 Å². The van der Waals surface area contributed by atoms with Crippen LogP contribution in [0.15, 0.2) is 30.4 Å². The number of methoxy groups -OCH3 is 2. The van der Waals surface area contributed by atoms with Gasteiger partial charge in [-0.05, 0) is 37.0 Å². The molecule has 0 saturated carbocycles. The molecule has 7 heteroatoms. The van der Waals surface area contributed by atoms with Gasteiger partial charge in [0.15, 0.2) is 11.5 Å². The second-order valence-corrected chi connectivity index (χ2v) is 7.61. The summed E-state index contributed by atoms with van der Waals surface area (Å²) in [6, 6.07) is 5.65. The van der Waals surface area contributed by atoms with E-state index in [9.17, 15) is 13.5 Å². The van der Waals surface area contributed by atoms with Crippen LogP contribution < -0.4 is 9.47 Å². The van der Waals surface area contributed by atoms with Crippen LogP contribution in [0.25, 0.3) is 0 Å². The Balaban J connectivity index is 2.34. The number of benzene rings is 1. The van der Waals surface area contributed by atoms with Crippen LogP contribution in [0.1, 0.15) is 24.8 Å². The van der Waals surface area contributed by atoms with Crippen LogP contribution in [0.5, 0.6) is 11.5 Å². The van der Waals surface area contributed by atoms with E-state index in [1.54, 1.807) is 20.3 Å². The number of aliphatic hydroxyl groups excluding tert-OH is 1. The molecule has 1 aliphatic rings. The zero-order chi connectivity index (χ0) is 17.8. The molecule has 0 radical (unpaired) electrons. The predicted octanol–water partition coefficient (Wildman–Crippen LogP) is 2.02. The van der Waals surface area contributed by atoms with Gasteiger partial charge in [0.25, 0.3) is 10.1 Å². The molecular formula is C17H24O6S. The number of hydrogen-bond acceptors (Lipinski definition) is 6. The molecule has 24 heavy (non-hydrogen) atoms. The van der Waals surface area contributed by atoms with Crippen molar-refractivity contribution in [1.82, 2.24) is 0 Å². The van der Waals surface area contributed by atoms with Crippen molar-refractivity contribution in [3.63, 3.8) is 0 Å². The molecule has 2 atom stereocenters. The summed E-state index contributed by atoms with van der Waals surface area (Å²) in [6.45, 7) is 0.0770. The molecule has 2 rings (SSSR count). The van der Waals surface area contributed by atoms with Gasteiger partial charge in [-0.2, -0.15) is 8.42 Å². The molecule has 0 fully saturated rings. The van der Waals surface area contributed by atoms with Crippen LogP contribution in [-0.4, -0.2) is 46.7 Å². The van der Waals surface area contributed by atoms with E-state index in [0.29, 0.717) is 30.8 Å². The summed E-state index contributed by atoms with van der Waals surface area (Å²) in [5, 5.41) is 9.77. The third-order valence-electron chi connectivity index (χ3n) is 4.33. The molecule has 0 spiro atoms. The fraction of sp³-hybridized carbons (Fsp3) is 0.529. The van der Waals surface area contributed by atoms with Gasteiger partial charge in [-0.25, -0.2) is 0 Å². The maximum atomic E-state index is 11.2. The summed E-state index contributed by atoms with van der Waals surface area (Å²) in [5.41, 5.74) is 0.559. The number of aliphatic hydroxyl groups is 1. The highest BCUT2D eigenvalue weighted by molar-refractivity contribution is 7.85. The largest absolute Gasteiger partial charge is 0.493 e. The average Bonchev–Trinajstić information content (AvgIpc) is 2.55. The third kappa shape index (κ3) is 4.49. The van der Waals surface area contributed by atoms with E-state index in [4.69, 9.17) is 13.7 Å². The summed E-state index contributed by atoms with van der Waals surface area (Å²) in [5.74, 6) is 1.24.